The maximum absolute atomic E-state index is 13.7. The first-order valence-corrected chi connectivity index (χ1v) is 12.3. The highest BCUT2D eigenvalue weighted by Crippen LogP contribution is 2.32. The number of aryl methyl sites for hydroxylation is 2. The van der Waals surface area contributed by atoms with Crippen LogP contribution in [0.15, 0.2) is 54.6 Å². The molecule has 1 aliphatic rings. The van der Waals surface area contributed by atoms with Gasteiger partial charge in [-0.3, -0.25) is 14.6 Å². The molecule has 1 saturated heterocycles. The summed E-state index contributed by atoms with van der Waals surface area (Å²) >= 11 is 1.61. The van der Waals surface area contributed by atoms with Crippen LogP contribution in [0.5, 0.6) is 0 Å². The maximum Gasteiger partial charge on any atom is 0.233 e. The molecule has 0 spiro atoms. The molecule has 3 aromatic carbocycles. The van der Waals surface area contributed by atoms with Crippen molar-refractivity contribution in [1.29, 1.82) is 0 Å². The lowest BCUT2D eigenvalue weighted by molar-refractivity contribution is -0.118. The summed E-state index contributed by atoms with van der Waals surface area (Å²) in [4.78, 5) is 22.9. The summed E-state index contributed by atoms with van der Waals surface area (Å²) in [5, 5.41) is 3.09. The lowest BCUT2D eigenvalue weighted by atomic mass is 10.0. The first kappa shape index (κ1) is 22.0. The van der Waals surface area contributed by atoms with Gasteiger partial charge in [-0.1, -0.05) is 59.9 Å². The number of thiazole rings is 1. The smallest absolute Gasteiger partial charge is 0.233 e. The summed E-state index contributed by atoms with van der Waals surface area (Å²) in [5.41, 5.74) is 4.43. The molecule has 6 heteroatoms. The second kappa shape index (κ2) is 9.59. The number of hydrogen-bond donors (Lipinski definition) is 0. The number of anilines is 1. The number of morpholine rings is 1. The summed E-state index contributed by atoms with van der Waals surface area (Å²) < 4.78 is 6.63. The first-order chi connectivity index (χ1) is 16.1. The van der Waals surface area contributed by atoms with E-state index in [1.54, 1.807) is 11.3 Å². The molecule has 170 valence electrons. The third-order valence-electron chi connectivity index (χ3n) is 6.32. The van der Waals surface area contributed by atoms with Gasteiger partial charge in [-0.2, -0.15) is 0 Å². The summed E-state index contributed by atoms with van der Waals surface area (Å²) in [7, 11) is 0. The molecule has 5 nitrogen and oxygen atoms in total. The van der Waals surface area contributed by atoms with Gasteiger partial charge in [0, 0.05) is 26.2 Å². The number of aromatic nitrogens is 1. The van der Waals surface area contributed by atoms with Gasteiger partial charge in [0.05, 0.1) is 29.9 Å². The fourth-order valence-electron chi connectivity index (χ4n) is 4.57. The molecule has 1 aliphatic heterocycles. The van der Waals surface area contributed by atoms with Crippen LogP contribution in [0.25, 0.3) is 21.0 Å². The zero-order valence-corrected chi connectivity index (χ0v) is 20.0. The Kier molecular flexibility index (Phi) is 6.40. The molecular weight excluding hydrogens is 430 g/mol. The predicted molar refractivity (Wildman–Crippen MR) is 136 cm³/mol. The van der Waals surface area contributed by atoms with Gasteiger partial charge in [-0.25, -0.2) is 4.98 Å². The highest BCUT2D eigenvalue weighted by molar-refractivity contribution is 7.22. The standard InChI is InChI=1S/C27H29N3O2S/c1-19-16-20(2)26-24(17-19)33-27(28-26)30(11-10-29-12-14-32-15-13-29)25(31)18-22-8-5-7-21-6-3-4-9-23(21)22/h3-9,16-17H,10-15,18H2,1-2H3. The molecule has 0 saturated carbocycles. The molecule has 0 radical (unpaired) electrons. The molecule has 1 amide bonds. The molecule has 0 aliphatic carbocycles. The van der Waals surface area contributed by atoms with Crippen molar-refractivity contribution in [3.05, 3.63) is 71.3 Å². The van der Waals surface area contributed by atoms with E-state index in [1.165, 1.54) is 5.56 Å². The summed E-state index contributed by atoms with van der Waals surface area (Å²) in [5.74, 6) is 0.0908. The van der Waals surface area contributed by atoms with Crippen molar-refractivity contribution >= 4 is 43.4 Å². The van der Waals surface area contributed by atoms with E-state index >= 15 is 0 Å². The van der Waals surface area contributed by atoms with Crippen LogP contribution in [0.3, 0.4) is 0 Å². The minimum atomic E-state index is 0.0908. The van der Waals surface area contributed by atoms with Crippen molar-refractivity contribution in [1.82, 2.24) is 9.88 Å². The van der Waals surface area contributed by atoms with Crippen LogP contribution in [-0.4, -0.2) is 55.2 Å². The lowest BCUT2D eigenvalue weighted by Gasteiger charge is -2.29. The van der Waals surface area contributed by atoms with Crippen molar-refractivity contribution in [3.63, 3.8) is 0 Å². The predicted octanol–water partition coefficient (Wildman–Crippen LogP) is 4.97. The number of fused-ring (bicyclic) bond motifs is 2. The van der Waals surface area contributed by atoms with Gasteiger partial charge in [0.1, 0.15) is 0 Å². The molecule has 0 atom stereocenters. The van der Waals surface area contributed by atoms with Crippen LogP contribution >= 0.6 is 11.3 Å². The highest BCUT2D eigenvalue weighted by atomic mass is 32.1. The number of ether oxygens (including phenoxy) is 1. The van der Waals surface area contributed by atoms with Gasteiger partial charge in [0.2, 0.25) is 5.91 Å². The van der Waals surface area contributed by atoms with E-state index in [-0.39, 0.29) is 5.91 Å². The average molecular weight is 460 g/mol. The van der Waals surface area contributed by atoms with Crippen molar-refractivity contribution in [2.75, 3.05) is 44.3 Å². The quantitative estimate of drug-likeness (QED) is 0.408. The minimum absolute atomic E-state index is 0.0908. The summed E-state index contributed by atoms with van der Waals surface area (Å²) in [6.07, 6.45) is 0.360. The SMILES string of the molecule is Cc1cc(C)c2nc(N(CCN3CCOCC3)C(=O)Cc3cccc4ccccc34)sc2c1. The molecule has 0 N–H and O–H groups in total. The van der Waals surface area contributed by atoms with E-state index in [1.807, 2.05) is 23.1 Å². The molecule has 0 unspecified atom stereocenters. The second-order valence-corrected chi connectivity index (χ2v) is 9.75. The number of hydrogen-bond acceptors (Lipinski definition) is 5. The van der Waals surface area contributed by atoms with Gasteiger partial charge >= 0.3 is 0 Å². The van der Waals surface area contributed by atoms with Crippen LogP contribution in [0.2, 0.25) is 0 Å². The zero-order chi connectivity index (χ0) is 22.8. The van der Waals surface area contributed by atoms with Gasteiger partial charge in [0.25, 0.3) is 0 Å². The average Bonchev–Trinajstić information content (AvgIpc) is 3.24. The molecule has 5 rings (SSSR count). The third kappa shape index (κ3) is 4.78. The number of nitrogens with zero attached hydrogens (tertiary/aromatic N) is 3. The monoisotopic (exact) mass is 459 g/mol. The normalized spacial score (nSPS) is 14.7. The number of carbonyl (C=O) groups is 1. The number of benzene rings is 3. The van der Waals surface area contributed by atoms with Gasteiger partial charge in [-0.15, -0.1) is 0 Å². The Labute approximate surface area is 198 Å². The van der Waals surface area contributed by atoms with Crippen LogP contribution < -0.4 is 4.90 Å². The van der Waals surface area contributed by atoms with Crippen molar-refractivity contribution < 1.29 is 9.53 Å². The molecule has 1 aromatic heterocycles. The summed E-state index contributed by atoms with van der Waals surface area (Å²) in [6, 6.07) is 18.8. The molecular formula is C27H29N3O2S. The van der Waals surface area contributed by atoms with E-state index in [9.17, 15) is 4.79 Å². The third-order valence-corrected chi connectivity index (χ3v) is 7.34. The van der Waals surface area contributed by atoms with Crippen molar-refractivity contribution in [2.24, 2.45) is 0 Å². The molecule has 0 bridgehead atoms. The molecule has 4 aromatic rings. The lowest BCUT2D eigenvalue weighted by Crippen LogP contribution is -2.43. The number of rotatable bonds is 6. The Bertz CT molecular complexity index is 1290. The largest absolute Gasteiger partial charge is 0.379 e. The first-order valence-electron chi connectivity index (χ1n) is 11.5. The Balaban J connectivity index is 1.46. The Morgan fingerprint density at radius 3 is 2.73 bits per heavy atom. The van der Waals surface area contributed by atoms with Gasteiger partial charge in [0.15, 0.2) is 5.13 Å². The van der Waals surface area contributed by atoms with Gasteiger partial charge < -0.3 is 4.74 Å². The number of amides is 1. The van der Waals surface area contributed by atoms with Crippen molar-refractivity contribution in [2.45, 2.75) is 20.3 Å². The minimum Gasteiger partial charge on any atom is -0.379 e. The van der Waals surface area contributed by atoms with Crippen molar-refractivity contribution in [3.8, 4) is 0 Å². The van der Waals surface area contributed by atoms with E-state index in [2.05, 4.69) is 55.1 Å². The van der Waals surface area contributed by atoms with Crippen LogP contribution in [0.1, 0.15) is 16.7 Å². The molecule has 33 heavy (non-hydrogen) atoms. The fourth-order valence-corrected chi connectivity index (χ4v) is 5.76. The number of carbonyl (C=O) groups excluding carboxylic acids is 1. The van der Waals surface area contributed by atoms with E-state index in [0.29, 0.717) is 13.0 Å². The molecule has 1 fully saturated rings. The van der Waals surface area contributed by atoms with Gasteiger partial charge in [-0.05, 0) is 47.4 Å². The van der Waals surface area contributed by atoms with E-state index < -0.39 is 0 Å². The molecule has 2 heterocycles. The van der Waals surface area contributed by atoms with E-state index in [4.69, 9.17) is 9.72 Å². The Hall–Kier alpha value is -2.80. The Morgan fingerprint density at radius 1 is 1.09 bits per heavy atom. The highest BCUT2D eigenvalue weighted by Gasteiger charge is 2.23. The summed E-state index contributed by atoms with van der Waals surface area (Å²) in [6.45, 7) is 8.96. The van der Waals surface area contributed by atoms with E-state index in [0.717, 1.165) is 70.1 Å². The maximum atomic E-state index is 13.7. The topological polar surface area (TPSA) is 45.7 Å². The van der Waals surface area contributed by atoms with Crippen LogP contribution in [-0.2, 0) is 16.0 Å². The zero-order valence-electron chi connectivity index (χ0n) is 19.2. The Morgan fingerprint density at radius 2 is 1.88 bits per heavy atom. The van der Waals surface area contributed by atoms with Crippen LogP contribution in [0.4, 0.5) is 5.13 Å². The van der Waals surface area contributed by atoms with Crippen LogP contribution in [0, 0.1) is 13.8 Å². The fraction of sp³-hybridized carbons (Fsp3) is 0.333. The second-order valence-electron chi connectivity index (χ2n) is 8.74.